The number of amides is 2. The van der Waals surface area contributed by atoms with Gasteiger partial charge < -0.3 is 53.9 Å². The third kappa shape index (κ3) is 11.2. The summed E-state index contributed by atoms with van der Waals surface area (Å²) in [7, 11) is 12.1. The molecule has 0 aromatic carbocycles. The summed E-state index contributed by atoms with van der Waals surface area (Å²) in [6.45, 7) is 17.5. The lowest BCUT2D eigenvalue weighted by Crippen LogP contribution is -2.40. The van der Waals surface area contributed by atoms with E-state index in [9.17, 15) is 14.4 Å². The van der Waals surface area contributed by atoms with E-state index in [2.05, 4.69) is 48.6 Å². The molecule has 2 amide bonds. The van der Waals surface area contributed by atoms with Crippen LogP contribution in [-0.4, -0.2) is 181 Å². The Morgan fingerprint density at radius 2 is 1.21 bits per heavy atom. The molecule has 6 aliphatic heterocycles. The predicted molar refractivity (Wildman–Crippen MR) is 183 cm³/mol. The number of Topliss-reactive ketones (excluding diaryl/α,β-unsaturated/α-hetero) is 1. The first kappa shape index (κ1) is 40.4. The number of hydrogen-bond acceptors (Lipinski definition) is 12. The lowest BCUT2D eigenvalue weighted by molar-refractivity contribution is -0.120. The molecule has 0 saturated carbocycles. The molecule has 278 valence electrons. The molecule has 14 heteroatoms. The molecule has 8 atom stereocenters. The molecule has 0 spiro atoms. The summed E-state index contributed by atoms with van der Waals surface area (Å²) in [4.78, 5) is 42.9. The van der Waals surface area contributed by atoms with E-state index in [0.29, 0.717) is 43.7 Å². The van der Waals surface area contributed by atoms with Gasteiger partial charge in [-0.25, -0.2) is 9.59 Å². The molecule has 0 bridgehead atoms. The molecular formula is C34H64N6O8. The Bertz CT molecular complexity index is 1060. The largest absolute Gasteiger partial charge is 0.444 e. The fourth-order valence-electron chi connectivity index (χ4n) is 6.84. The first-order valence-corrected chi connectivity index (χ1v) is 17.3. The SMILES string of the molecule is CC(C)(C)OC(=O)N1CC2C(=O)CO[C@@H]2C1.CN(C)C1CO[C@@H]2CN(C(=O)OC(C)(C)C)CC12.CN(C)C1CO[C@@H]2CNCC12.CNC. The lowest BCUT2D eigenvalue weighted by atomic mass is 10.00. The Morgan fingerprint density at radius 1 is 0.729 bits per heavy atom. The number of carbonyl (C=O) groups excluding carboxylic acids is 3. The van der Waals surface area contributed by atoms with Crippen molar-refractivity contribution in [3.8, 4) is 0 Å². The maximum Gasteiger partial charge on any atom is 0.410 e. The van der Waals surface area contributed by atoms with Gasteiger partial charge in [-0.2, -0.15) is 0 Å². The van der Waals surface area contributed by atoms with Crippen LogP contribution in [0.25, 0.3) is 0 Å². The summed E-state index contributed by atoms with van der Waals surface area (Å²) < 4.78 is 27.4. The highest BCUT2D eigenvalue weighted by Crippen LogP contribution is 2.32. The molecule has 0 radical (unpaired) electrons. The van der Waals surface area contributed by atoms with Gasteiger partial charge in [-0.1, -0.05) is 0 Å². The highest BCUT2D eigenvalue weighted by Gasteiger charge is 2.47. The van der Waals surface area contributed by atoms with E-state index in [1.807, 2.05) is 55.6 Å². The summed E-state index contributed by atoms with van der Waals surface area (Å²) >= 11 is 0. The van der Waals surface area contributed by atoms with Crippen molar-refractivity contribution in [2.75, 3.05) is 101 Å². The van der Waals surface area contributed by atoms with E-state index in [-0.39, 0.29) is 42.7 Å². The van der Waals surface area contributed by atoms with E-state index in [1.54, 1.807) is 9.80 Å². The van der Waals surface area contributed by atoms with E-state index in [4.69, 9.17) is 23.7 Å². The van der Waals surface area contributed by atoms with Crippen molar-refractivity contribution in [1.29, 1.82) is 0 Å². The lowest BCUT2D eigenvalue weighted by Gasteiger charge is -2.26. The number of hydrogen-bond donors (Lipinski definition) is 2. The number of likely N-dealkylation sites (N-methyl/N-ethyl adjacent to an activating group) is 2. The zero-order valence-electron chi connectivity index (χ0n) is 31.5. The van der Waals surface area contributed by atoms with Crippen LogP contribution in [0.15, 0.2) is 0 Å². The number of nitrogens with one attached hydrogen (secondary N) is 2. The maximum atomic E-state index is 12.0. The number of fused-ring (bicyclic) bond motifs is 3. The third-order valence-corrected chi connectivity index (χ3v) is 9.21. The Labute approximate surface area is 288 Å². The second kappa shape index (κ2) is 17.2. The minimum Gasteiger partial charge on any atom is -0.444 e. The molecule has 6 saturated heterocycles. The van der Waals surface area contributed by atoms with Crippen LogP contribution in [0, 0.1) is 17.8 Å². The van der Waals surface area contributed by atoms with Gasteiger partial charge in [0.1, 0.15) is 17.8 Å². The van der Waals surface area contributed by atoms with Gasteiger partial charge in [0.2, 0.25) is 0 Å². The summed E-state index contributed by atoms with van der Waals surface area (Å²) in [5.41, 5.74) is -0.934. The van der Waals surface area contributed by atoms with Gasteiger partial charge in [0.25, 0.3) is 0 Å². The summed E-state index contributed by atoms with van der Waals surface area (Å²) in [6.07, 6.45) is -0.0522. The Kier molecular flexibility index (Phi) is 14.5. The van der Waals surface area contributed by atoms with Crippen molar-refractivity contribution >= 4 is 18.0 Å². The number of carbonyl (C=O) groups is 3. The molecule has 6 aliphatic rings. The second-order valence-electron chi connectivity index (χ2n) is 16.0. The van der Waals surface area contributed by atoms with Crippen LogP contribution >= 0.6 is 0 Å². The second-order valence-corrected chi connectivity index (χ2v) is 16.0. The molecule has 0 aromatic rings. The van der Waals surface area contributed by atoms with E-state index in [1.165, 1.54) is 0 Å². The minimum absolute atomic E-state index is 0.0936. The van der Waals surface area contributed by atoms with Gasteiger partial charge in [0.15, 0.2) is 5.78 Å². The van der Waals surface area contributed by atoms with E-state index >= 15 is 0 Å². The molecular weight excluding hydrogens is 620 g/mol. The van der Waals surface area contributed by atoms with Crippen LogP contribution in [-0.2, 0) is 28.5 Å². The number of nitrogens with zero attached hydrogens (tertiary/aromatic N) is 4. The Hall–Kier alpha value is -2.07. The molecule has 2 N–H and O–H groups in total. The van der Waals surface area contributed by atoms with Crippen molar-refractivity contribution in [3.63, 3.8) is 0 Å². The van der Waals surface area contributed by atoms with Gasteiger partial charge >= 0.3 is 12.2 Å². The standard InChI is InChI=1S/C13H24N2O3.C11H17NO4.C8H16N2O.C2H7N/c1-13(2,3)18-12(16)15-6-9-10(14(4)5)8-17-11(9)7-15;1-11(2,3)16-10(14)12-4-7-8(13)6-15-9(7)5-12;1-10(2)7-5-11-8-4-9-3-6(7)8;1-3-2/h9-11H,6-8H2,1-5H3;7,9H,4-6H2,1-3H3;6-9H,3-5H2,1-2H3;3H,1-2H3/t9?,10?,11-;7?,9-;6?,7?,8-;/m111./s1. The van der Waals surface area contributed by atoms with Crippen molar-refractivity contribution in [1.82, 2.24) is 30.2 Å². The van der Waals surface area contributed by atoms with Crippen LogP contribution in [0.5, 0.6) is 0 Å². The molecule has 6 rings (SSSR count). The average molecular weight is 685 g/mol. The van der Waals surface area contributed by atoms with Crippen LogP contribution in [0.2, 0.25) is 0 Å². The van der Waals surface area contributed by atoms with Crippen molar-refractivity contribution in [2.24, 2.45) is 17.8 Å². The fraction of sp³-hybridized carbons (Fsp3) is 0.912. The smallest absolute Gasteiger partial charge is 0.410 e. The number of rotatable bonds is 2. The molecule has 48 heavy (non-hydrogen) atoms. The molecule has 0 aliphatic carbocycles. The third-order valence-electron chi connectivity index (χ3n) is 9.21. The molecule has 0 aromatic heterocycles. The van der Waals surface area contributed by atoms with Crippen molar-refractivity contribution in [3.05, 3.63) is 0 Å². The first-order chi connectivity index (χ1) is 22.3. The van der Waals surface area contributed by atoms with Gasteiger partial charge in [0.05, 0.1) is 50.5 Å². The fourth-order valence-corrected chi connectivity index (χ4v) is 6.84. The molecule has 14 nitrogen and oxygen atoms in total. The maximum absolute atomic E-state index is 12.0. The highest BCUT2D eigenvalue weighted by atomic mass is 16.6. The number of likely N-dealkylation sites (tertiary alicyclic amines) is 2. The van der Waals surface area contributed by atoms with E-state index < -0.39 is 11.2 Å². The Balaban J connectivity index is 0.000000192. The zero-order valence-corrected chi connectivity index (χ0v) is 31.5. The van der Waals surface area contributed by atoms with Gasteiger partial charge in [-0.3, -0.25) is 4.79 Å². The molecule has 5 unspecified atom stereocenters. The normalized spacial score (nSPS) is 32.1. The molecule has 6 fully saturated rings. The van der Waals surface area contributed by atoms with Crippen molar-refractivity contribution in [2.45, 2.75) is 83.1 Å². The molecule has 6 heterocycles. The number of ketones is 1. The summed E-state index contributed by atoms with van der Waals surface area (Å²) in [5.74, 6) is 1.08. The minimum atomic E-state index is -0.500. The van der Waals surface area contributed by atoms with Gasteiger partial charge in [0, 0.05) is 50.1 Å². The van der Waals surface area contributed by atoms with Crippen LogP contribution < -0.4 is 10.6 Å². The quantitative estimate of drug-likeness (QED) is 0.435. The highest BCUT2D eigenvalue weighted by molar-refractivity contribution is 5.86. The Morgan fingerprint density at radius 3 is 1.71 bits per heavy atom. The van der Waals surface area contributed by atoms with E-state index in [0.717, 1.165) is 38.8 Å². The van der Waals surface area contributed by atoms with Gasteiger partial charge in [-0.05, 0) is 83.8 Å². The van der Waals surface area contributed by atoms with Crippen LogP contribution in [0.1, 0.15) is 41.5 Å². The predicted octanol–water partition coefficient (Wildman–Crippen LogP) is 1.37. The summed E-state index contributed by atoms with van der Waals surface area (Å²) in [5, 5.41) is 6.11. The topological polar surface area (TPSA) is 134 Å². The van der Waals surface area contributed by atoms with Crippen LogP contribution in [0.4, 0.5) is 9.59 Å². The first-order valence-electron chi connectivity index (χ1n) is 17.3. The van der Waals surface area contributed by atoms with Gasteiger partial charge in [-0.15, -0.1) is 0 Å². The van der Waals surface area contributed by atoms with Crippen molar-refractivity contribution < 1.29 is 38.1 Å². The zero-order chi connectivity index (χ0) is 36.0. The summed E-state index contributed by atoms with van der Waals surface area (Å²) in [6, 6.07) is 1.04. The van der Waals surface area contributed by atoms with Crippen LogP contribution in [0.3, 0.4) is 0 Å². The monoisotopic (exact) mass is 684 g/mol. The average Bonchev–Trinajstić information content (AvgIpc) is 3.77. The number of ether oxygens (including phenoxy) is 5.